The molecule has 0 radical (unpaired) electrons. The van der Waals surface area contributed by atoms with E-state index in [0.29, 0.717) is 11.3 Å². The number of carbonyl (C=O) groups is 1. The van der Waals surface area contributed by atoms with Gasteiger partial charge in [-0.15, -0.1) is 0 Å². The normalized spacial score (nSPS) is 11.1. The Balaban J connectivity index is 2.29. The van der Waals surface area contributed by atoms with Crippen molar-refractivity contribution in [2.75, 3.05) is 14.2 Å². The van der Waals surface area contributed by atoms with Gasteiger partial charge >= 0.3 is 5.97 Å². The van der Waals surface area contributed by atoms with Crippen molar-refractivity contribution in [3.05, 3.63) is 57.6 Å². The van der Waals surface area contributed by atoms with Crippen LogP contribution < -0.4 is 15.2 Å². The van der Waals surface area contributed by atoms with E-state index in [2.05, 4.69) is 5.16 Å². The predicted molar refractivity (Wildman–Crippen MR) is 92.1 cm³/mol. The Kier molecular flexibility index (Phi) is 5.89. The van der Waals surface area contributed by atoms with Gasteiger partial charge in [-0.05, 0) is 24.3 Å². The van der Waals surface area contributed by atoms with Crippen LogP contribution in [0.1, 0.15) is 15.9 Å². The zero-order chi connectivity index (χ0) is 17.7. The van der Waals surface area contributed by atoms with Crippen LogP contribution in [0.25, 0.3) is 0 Å². The molecule has 0 aliphatic rings. The van der Waals surface area contributed by atoms with E-state index < -0.39 is 5.97 Å². The molecule has 126 valence electrons. The number of halogens is 2. The number of para-hydroxylation sites is 1. The molecule has 0 amide bonds. The number of oxime groups is 1. The van der Waals surface area contributed by atoms with Crippen LogP contribution in [-0.2, 0) is 4.84 Å². The van der Waals surface area contributed by atoms with Crippen molar-refractivity contribution in [3.8, 4) is 11.5 Å². The lowest BCUT2D eigenvalue weighted by Crippen LogP contribution is -2.16. The van der Waals surface area contributed by atoms with Gasteiger partial charge in [0, 0.05) is 0 Å². The van der Waals surface area contributed by atoms with E-state index in [0.717, 1.165) is 0 Å². The first-order chi connectivity index (χ1) is 11.5. The van der Waals surface area contributed by atoms with Gasteiger partial charge in [0.1, 0.15) is 11.3 Å². The van der Waals surface area contributed by atoms with Crippen molar-refractivity contribution in [1.82, 2.24) is 0 Å². The van der Waals surface area contributed by atoms with Gasteiger partial charge in [0.25, 0.3) is 0 Å². The number of ether oxygens (including phenoxy) is 2. The molecule has 0 aliphatic carbocycles. The second-order valence-electron chi connectivity index (χ2n) is 4.49. The summed E-state index contributed by atoms with van der Waals surface area (Å²) in [6, 6.07) is 9.87. The maximum atomic E-state index is 12.2. The smallest absolute Gasteiger partial charge is 0.371 e. The summed E-state index contributed by atoms with van der Waals surface area (Å²) in [5, 5.41) is 3.97. The van der Waals surface area contributed by atoms with Crippen molar-refractivity contribution >= 4 is 35.0 Å². The van der Waals surface area contributed by atoms with Gasteiger partial charge < -0.3 is 20.0 Å². The molecular formula is C16H14Cl2N2O4. The number of carbonyl (C=O) groups excluding carboxylic acids is 1. The van der Waals surface area contributed by atoms with Crippen LogP contribution in [0.5, 0.6) is 11.5 Å². The van der Waals surface area contributed by atoms with Crippen molar-refractivity contribution < 1.29 is 19.1 Å². The molecule has 0 fully saturated rings. The molecule has 0 aromatic heterocycles. The average molecular weight is 369 g/mol. The van der Waals surface area contributed by atoms with E-state index in [1.54, 1.807) is 24.3 Å². The SMILES string of the molecule is COc1ccccc1/C(N)=N/OC(=O)c1c(Cl)ccc(Cl)c1OC. The standard InChI is InChI=1S/C16H14Cl2N2O4/c1-22-12-6-4-3-5-9(12)15(19)20-24-16(21)13-10(17)7-8-11(18)14(13)23-2/h3-8H,1-2H3,(H2,19,20). The fourth-order valence-electron chi connectivity index (χ4n) is 1.96. The number of rotatable bonds is 5. The quantitative estimate of drug-likeness (QED) is 0.378. The largest absolute Gasteiger partial charge is 0.496 e. The predicted octanol–water partition coefficient (Wildman–Crippen LogP) is 3.49. The highest BCUT2D eigenvalue weighted by atomic mass is 35.5. The van der Waals surface area contributed by atoms with E-state index in [9.17, 15) is 4.79 Å². The van der Waals surface area contributed by atoms with Gasteiger partial charge in [0.15, 0.2) is 11.6 Å². The Bertz CT molecular complexity index is 794. The monoisotopic (exact) mass is 368 g/mol. The first-order valence-corrected chi connectivity index (χ1v) is 7.45. The maximum absolute atomic E-state index is 12.2. The van der Waals surface area contributed by atoms with E-state index >= 15 is 0 Å². The zero-order valence-corrected chi connectivity index (χ0v) is 14.4. The molecule has 2 aromatic carbocycles. The Morgan fingerprint density at radius 1 is 1.04 bits per heavy atom. The summed E-state index contributed by atoms with van der Waals surface area (Å²) in [4.78, 5) is 17.1. The van der Waals surface area contributed by atoms with Crippen LogP contribution in [0.3, 0.4) is 0 Å². The van der Waals surface area contributed by atoms with Crippen LogP contribution in [0, 0.1) is 0 Å². The summed E-state index contributed by atoms with van der Waals surface area (Å²) in [6.45, 7) is 0. The molecule has 0 unspecified atom stereocenters. The molecule has 8 heteroatoms. The molecule has 0 aliphatic heterocycles. The first kappa shape index (κ1) is 17.9. The minimum absolute atomic E-state index is 0.0297. The van der Waals surface area contributed by atoms with Crippen molar-refractivity contribution in [1.29, 1.82) is 0 Å². The Hall–Kier alpha value is -2.44. The minimum Gasteiger partial charge on any atom is -0.496 e. The number of hydrogen-bond acceptors (Lipinski definition) is 5. The van der Waals surface area contributed by atoms with Crippen LogP contribution in [0.2, 0.25) is 10.0 Å². The molecule has 24 heavy (non-hydrogen) atoms. The number of hydrogen-bond donors (Lipinski definition) is 1. The van der Waals surface area contributed by atoms with Crippen molar-refractivity contribution in [3.63, 3.8) is 0 Å². The van der Waals surface area contributed by atoms with Gasteiger partial charge in [0.05, 0.1) is 29.8 Å². The van der Waals surface area contributed by atoms with E-state index in [-0.39, 0.29) is 27.2 Å². The molecule has 2 rings (SSSR count). The van der Waals surface area contributed by atoms with Crippen LogP contribution in [-0.4, -0.2) is 26.0 Å². The Labute approximate surface area is 148 Å². The summed E-state index contributed by atoms with van der Waals surface area (Å²) >= 11 is 12.0. The lowest BCUT2D eigenvalue weighted by Gasteiger charge is -2.10. The highest BCUT2D eigenvalue weighted by Crippen LogP contribution is 2.34. The van der Waals surface area contributed by atoms with Gasteiger partial charge in [-0.25, -0.2) is 4.79 Å². The summed E-state index contributed by atoms with van der Waals surface area (Å²) < 4.78 is 10.3. The Morgan fingerprint density at radius 3 is 2.38 bits per heavy atom. The summed E-state index contributed by atoms with van der Waals surface area (Å²) in [5.41, 5.74) is 6.28. The van der Waals surface area contributed by atoms with E-state index in [1.807, 2.05) is 0 Å². The number of benzene rings is 2. The van der Waals surface area contributed by atoms with Gasteiger partial charge in [-0.2, -0.15) is 0 Å². The molecule has 0 saturated carbocycles. The van der Waals surface area contributed by atoms with Gasteiger partial charge in [0.2, 0.25) is 0 Å². The molecule has 2 aromatic rings. The van der Waals surface area contributed by atoms with Crippen molar-refractivity contribution in [2.45, 2.75) is 0 Å². The van der Waals surface area contributed by atoms with E-state index in [1.165, 1.54) is 26.4 Å². The van der Waals surface area contributed by atoms with Crippen LogP contribution in [0.15, 0.2) is 41.6 Å². The second-order valence-corrected chi connectivity index (χ2v) is 5.31. The topological polar surface area (TPSA) is 83.1 Å². The minimum atomic E-state index is -0.850. The zero-order valence-electron chi connectivity index (χ0n) is 12.9. The van der Waals surface area contributed by atoms with Gasteiger partial charge in [-0.1, -0.05) is 40.5 Å². The molecule has 0 heterocycles. The third-order valence-corrected chi connectivity index (χ3v) is 3.69. The van der Waals surface area contributed by atoms with E-state index in [4.69, 9.17) is 43.2 Å². The summed E-state index contributed by atoms with van der Waals surface area (Å²) in [6.07, 6.45) is 0. The fraction of sp³-hybridized carbons (Fsp3) is 0.125. The molecule has 6 nitrogen and oxygen atoms in total. The first-order valence-electron chi connectivity index (χ1n) is 6.69. The van der Waals surface area contributed by atoms with Crippen molar-refractivity contribution in [2.24, 2.45) is 10.9 Å². The average Bonchev–Trinajstić information content (AvgIpc) is 2.60. The molecule has 0 spiro atoms. The summed E-state index contributed by atoms with van der Waals surface area (Å²) in [7, 11) is 2.86. The molecule has 0 atom stereocenters. The highest BCUT2D eigenvalue weighted by Gasteiger charge is 2.21. The molecule has 0 bridgehead atoms. The van der Waals surface area contributed by atoms with Crippen LogP contribution in [0.4, 0.5) is 0 Å². The fourth-order valence-corrected chi connectivity index (χ4v) is 2.43. The third kappa shape index (κ3) is 3.72. The Morgan fingerprint density at radius 2 is 1.71 bits per heavy atom. The lowest BCUT2D eigenvalue weighted by atomic mass is 10.2. The second kappa shape index (κ2) is 7.90. The van der Waals surface area contributed by atoms with Crippen LogP contribution >= 0.6 is 23.2 Å². The summed E-state index contributed by atoms with van der Waals surface area (Å²) in [5.74, 6) is -0.288. The highest BCUT2D eigenvalue weighted by molar-refractivity contribution is 6.37. The third-order valence-electron chi connectivity index (χ3n) is 3.08. The lowest BCUT2D eigenvalue weighted by molar-refractivity contribution is 0.0512. The molecule has 0 saturated heterocycles. The number of nitrogens with two attached hydrogens (primary N) is 1. The number of amidine groups is 1. The van der Waals surface area contributed by atoms with Gasteiger partial charge in [-0.3, -0.25) is 0 Å². The molecular weight excluding hydrogens is 355 g/mol. The molecule has 2 N–H and O–H groups in total. The number of methoxy groups -OCH3 is 2. The maximum Gasteiger partial charge on any atom is 0.371 e. The number of nitrogens with zero attached hydrogens (tertiary/aromatic N) is 1.